The van der Waals surface area contributed by atoms with Crippen LogP contribution < -0.4 is 9.47 Å². The Morgan fingerprint density at radius 3 is 2.93 bits per heavy atom. The highest BCUT2D eigenvalue weighted by molar-refractivity contribution is 7.19. The normalized spacial score (nSPS) is 17.9. The number of fused-ring (bicyclic) bond motifs is 3. The number of hydrogen-bond acceptors (Lipinski definition) is 6. The van der Waals surface area contributed by atoms with Crippen LogP contribution in [0.3, 0.4) is 0 Å². The molecule has 3 aromatic heterocycles. The lowest BCUT2D eigenvalue weighted by molar-refractivity contribution is -0.611. The SMILES string of the molecule is CC1CCN(Cc2nc(Oc3cccc[n+]3[O-])c3c4c(sc3n2)CCC4)CC1. The molecule has 0 unspecified atom stereocenters. The van der Waals surface area contributed by atoms with Crippen LogP contribution in [0.2, 0.25) is 0 Å². The van der Waals surface area contributed by atoms with Crippen molar-refractivity contribution in [3.05, 3.63) is 45.9 Å². The molecule has 1 saturated heterocycles. The Bertz CT molecular complexity index is 1010. The minimum atomic E-state index is 0.248. The van der Waals surface area contributed by atoms with Gasteiger partial charge in [-0.1, -0.05) is 6.92 Å². The summed E-state index contributed by atoms with van der Waals surface area (Å²) in [5.41, 5.74) is 1.31. The summed E-state index contributed by atoms with van der Waals surface area (Å²) in [7, 11) is 0. The molecule has 7 heteroatoms. The molecule has 0 N–H and O–H groups in total. The predicted octanol–water partition coefficient (Wildman–Crippen LogP) is 3.84. The Balaban J connectivity index is 1.53. The van der Waals surface area contributed by atoms with Crippen molar-refractivity contribution in [3.63, 3.8) is 0 Å². The van der Waals surface area contributed by atoms with E-state index in [-0.39, 0.29) is 5.88 Å². The second-order valence-electron chi connectivity index (χ2n) is 7.91. The summed E-state index contributed by atoms with van der Waals surface area (Å²) in [6.07, 6.45) is 7.18. The molecule has 1 fully saturated rings. The second-order valence-corrected chi connectivity index (χ2v) is 8.99. The van der Waals surface area contributed by atoms with Crippen molar-refractivity contribution in [2.45, 2.75) is 45.6 Å². The molecule has 4 heterocycles. The van der Waals surface area contributed by atoms with E-state index in [9.17, 15) is 5.21 Å². The van der Waals surface area contributed by atoms with Gasteiger partial charge >= 0.3 is 5.88 Å². The summed E-state index contributed by atoms with van der Waals surface area (Å²) in [5, 5.41) is 13.1. The first-order chi connectivity index (χ1) is 13.7. The van der Waals surface area contributed by atoms with Crippen LogP contribution in [-0.2, 0) is 19.4 Å². The number of hydrogen-bond donors (Lipinski definition) is 0. The average Bonchev–Trinajstić information content (AvgIpc) is 3.26. The van der Waals surface area contributed by atoms with Crippen LogP contribution in [0.15, 0.2) is 24.4 Å². The highest BCUT2D eigenvalue weighted by atomic mass is 32.1. The van der Waals surface area contributed by atoms with Gasteiger partial charge in [0.05, 0.1) is 18.0 Å². The van der Waals surface area contributed by atoms with Crippen LogP contribution >= 0.6 is 11.3 Å². The maximum atomic E-state index is 12.1. The van der Waals surface area contributed by atoms with E-state index in [1.165, 1.54) is 29.5 Å². The van der Waals surface area contributed by atoms with E-state index in [1.54, 1.807) is 29.5 Å². The molecular formula is C21H24N4O2S. The zero-order chi connectivity index (χ0) is 19.1. The maximum absolute atomic E-state index is 12.1. The minimum absolute atomic E-state index is 0.248. The van der Waals surface area contributed by atoms with Gasteiger partial charge in [0, 0.05) is 10.9 Å². The highest BCUT2D eigenvalue weighted by Gasteiger charge is 2.25. The lowest BCUT2D eigenvalue weighted by Crippen LogP contribution is -2.33. The number of ether oxygens (including phenoxy) is 1. The molecule has 2 aliphatic rings. The third kappa shape index (κ3) is 3.33. The third-order valence-corrected chi connectivity index (χ3v) is 6.99. The molecular weight excluding hydrogens is 372 g/mol. The van der Waals surface area contributed by atoms with Crippen LogP contribution in [0, 0.1) is 11.1 Å². The molecule has 0 aromatic carbocycles. The summed E-state index contributed by atoms with van der Waals surface area (Å²) in [6.45, 7) is 5.21. The Labute approximate surface area is 168 Å². The van der Waals surface area contributed by atoms with Gasteiger partial charge in [0.1, 0.15) is 10.7 Å². The van der Waals surface area contributed by atoms with Crippen molar-refractivity contribution in [2.24, 2.45) is 5.92 Å². The Hall–Kier alpha value is -2.25. The number of likely N-dealkylation sites (tertiary alicyclic amines) is 1. The fourth-order valence-corrected chi connectivity index (χ4v) is 5.43. The van der Waals surface area contributed by atoms with Gasteiger partial charge in [0.15, 0.2) is 6.20 Å². The van der Waals surface area contributed by atoms with Crippen LogP contribution in [0.25, 0.3) is 10.2 Å². The van der Waals surface area contributed by atoms with Gasteiger partial charge in [-0.25, -0.2) is 4.98 Å². The highest BCUT2D eigenvalue weighted by Crippen LogP contribution is 2.41. The van der Waals surface area contributed by atoms with E-state index in [0.717, 1.165) is 65.6 Å². The number of nitrogens with zero attached hydrogens (tertiary/aromatic N) is 4. The maximum Gasteiger partial charge on any atom is 0.386 e. The molecule has 0 bridgehead atoms. The second kappa shape index (κ2) is 7.29. The monoisotopic (exact) mass is 396 g/mol. The van der Waals surface area contributed by atoms with Gasteiger partial charge in [-0.3, -0.25) is 4.90 Å². The Morgan fingerprint density at radius 1 is 1.25 bits per heavy atom. The van der Waals surface area contributed by atoms with Crippen molar-refractivity contribution >= 4 is 21.6 Å². The lowest BCUT2D eigenvalue weighted by atomic mass is 9.99. The van der Waals surface area contributed by atoms with Crippen molar-refractivity contribution in [2.75, 3.05) is 13.1 Å². The van der Waals surface area contributed by atoms with E-state index in [1.807, 2.05) is 0 Å². The molecule has 0 saturated carbocycles. The Kier molecular flexibility index (Phi) is 4.64. The smallest absolute Gasteiger partial charge is 0.386 e. The van der Waals surface area contributed by atoms with Crippen molar-refractivity contribution in [1.82, 2.24) is 14.9 Å². The summed E-state index contributed by atoms with van der Waals surface area (Å²) >= 11 is 1.76. The summed E-state index contributed by atoms with van der Waals surface area (Å²) in [5.74, 6) is 2.36. The predicted molar refractivity (Wildman–Crippen MR) is 109 cm³/mol. The van der Waals surface area contributed by atoms with E-state index < -0.39 is 0 Å². The first-order valence-corrected chi connectivity index (χ1v) is 10.9. The van der Waals surface area contributed by atoms with Crippen LogP contribution in [-0.4, -0.2) is 28.0 Å². The van der Waals surface area contributed by atoms with Crippen molar-refractivity contribution < 1.29 is 9.47 Å². The van der Waals surface area contributed by atoms with Gasteiger partial charge in [0.25, 0.3) is 0 Å². The van der Waals surface area contributed by atoms with E-state index >= 15 is 0 Å². The molecule has 146 valence electrons. The van der Waals surface area contributed by atoms with Crippen LogP contribution in [0.5, 0.6) is 11.8 Å². The van der Waals surface area contributed by atoms with Crippen molar-refractivity contribution in [1.29, 1.82) is 0 Å². The van der Waals surface area contributed by atoms with Gasteiger partial charge in [-0.2, -0.15) is 4.98 Å². The lowest BCUT2D eigenvalue weighted by Gasteiger charge is -2.29. The number of thiophene rings is 1. The van der Waals surface area contributed by atoms with Gasteiger partial charge in [-0.05, 0) is 62.7 Å². The first-order valence-electron chi connectivity index (χ1n) is 10.1. The number of piperidine rings is 1. The minimum Gasteiger partial charge on any atom is -0.616 e. The molecule has 0 amide bonds. The van der Waals surface area contributed by atoms with Gasteiger partial charge in [0.2, 0.25) is 5.88 Å². The summed E-state index contributed by atoms with van der Waals surface area (Å²) < 4.78 is 6.78. The van der Waals surface area contributed by atoms with E-state index in [0.29, 0.717) is 5.88 Å². The van der Waals surface area contributed by atoms with E-state index in [4.69, 9.17) is 14.7 Å². The topological polar surface area (TPSA) is 65.2 Å². The van der Waals surface area contributed by atoms with Gasteiger partial charge < -0.3 is 9.94 Å². The molecule has 0 radical (unpaired) electrons. The molecule has 0 atom stereocenters. The molecule has 1 aliphatic carbocycles. The zero-order valence-electron chi connectivity index (χ0n) is 16.1. The van der Waals surface area contributed by atoms with Gasteiger partial charge in [-0.15, -0.1) is 16.1 Å². The molecule has 28 heavy (non-hydrogen) atoms. The summed E-state index contributed by atoms with van der Waals surface area (Å²) in [4.78, 5) is 14.5. The number of rotatable bonds is 4. The van der Waals surface area contributed by atoms with Crippen LogP contribution in [0.4, 0.5) is 0 Å². The number of pyridine rings is 1. The standard InChI is InChI=1S/C21H24N4O2S/c1-14-8-11-24(12-9-14)13-17-22-20(27-18-7-2-3-10-25(18)26)19-15-5-4-6-16(15)28-21(19)23-17/h2-3,7,10,14H,4-6,8-9,11-13H2,1H3. The quantitative estimate of drug-likeness (QED) is 0.495. The largest absolute Gasteiger partial charge is 0.616 e. The van der Waals surface area contributed by atoms with Crippen molar-refractivity contribution in [3.8, 4) is 11.8 Å². The number of aryl methyl sites for hydroxylation is 2. The summed E-state index contributed by atoms with van der Waals surface area (Å²) in [6, 6.07) is 5.18. The fraction of sp³-hybridized carbons (Fsp3) is 0.476. The first kappa shape index (κ1) is 17.8. The Morgan fingerprint density at radius 2 is 2.11 bits per heavy atom. The fourth-order valence-electron chi connectivity index (χ4n) is 4.16. The van der Waals surface area contributed by atoms with E-state index in [2.05, 4.69) is 11.8 Å². The van der Waals surface area contributed by atoms with Crippen LogP contribution in [0.1, 0.15) is 42.5 Å². The molecule has 5 rings (SSSR count). The molecule has 0 spiro atoms. The molecule has 3 aromatic rings. The number of aromatic nitrogens is 3. The average molecular weight is 397 g/mol. The molecule has 1 aliphatic heterocycles. The zero-order valence-corrected chi connectivity index (χ0v) is 16.9. The third-order valence-electron chi connectivity index (χ3n) is 5.81. The molecule has 6 nitrogen and oxygen atoms in total.